The fourth-order valence-corrected chi connectivity index (χ4v) is 10.2. The number of aliphatic imine (C=N–C) groups is 1. The quantitative estimate of drug-likeness (QED) is 0.108. The van der Waals surface area contributed by atoms with Gasteiger partial charge in [0.2, 0.25) is 6.08 Å². The molecule has 226 valence electrons. The fraction of sp³-hybridized carbons (Fsp3) is 0.938. The maximum atomic E-state index is 12.3. The number of nitrogens with one attached hydrogen (secondary N) is 2. The van der Waals surface area contributed by atoms with E-state index in [1.165, 1.54) is 89.9 Å². The van der Waals surface area contributed by atoms with Gasteiger partial charge in [-0.2, -0.15) is 4.99 Å². The van der Waals surface area contributed by atoms with Crippen LogP contribution < -0.4 is 10.6 Å². The van der Waals surface area contributed by atoms with Crippen molar-refractivity contribution in [3.8, 4) is 0 Å². The lowest BCUT2D eigenvalue weighted by atomic mass is 9.53. The van der Waals surface area contributed by atoms with Crippen molar-refractivity contribution in [2.45, 2.75) is 114 Å². The number of urea groups is 1. The molecule has 0 aromatic rings. The van der Waals surface area contributed by atoms with E-state index in [2.05, 4.69) is 15.6 Å². The van der Waals surface area contributed by atoms with Crippen LogP contribution in [-0.4, -0.2) is 62.0 Å². The van der Waals surface area contributed by atoms with Crippen molar-refractivity contribution < 1.29 is 19.1 Å². The molecule has 7 nitrogen and oxygen atoms in total. The van der Waals surface area contributed by atoms with Crippen LogP contribution >= 0.6 is 11.6 Å². The van der Waals surface area contributed by atoms with Crippen LogP contribution in [0.4, 0.5) is 4.79 Å². The predicted molar refractivity (Wildman–Crippen MR) is 157 cm³/mol. The predicted octanol–water partition coefficient (Wildman–Crippen LogP) is 6.38. The topological polar surface area (TPSA) is 89.0 Å². The smallest absolute Gasteiger partial charge is 0.315 e. The number of carbonyl (C=O) groups excluding carboxylic acids is 2. The Morgan fingerprint density at radius 1 is 0.725 bits per heavy atom. The molecule has 8 fully saturated rings. The number of ether oxygens (including phenoxy) is 2. The minimum atomic E-state index is -0.0197. The maximum Gasteiger partial charge on any atom is 0.315 e. The van der Waals surface area contributed by atoms with E-state index >= 15 is 0 Å². The number of unbranched alkanes of at least 4 members (excludes halogenated alkanes) is 3. The molecule has 0 unspecified atom stereocenters. The van der Waals surface area contributed by atoms with Crippen molar-refractivity contribution in [2.24, 2.45) is 40.5 Å². The summed E-state index contributed by atoms with van der Waals surface area (Å²) in [4.78, 5) is 26.8. The van der Waals surface area contributed by atoms with E-state index in [1.807, 2.05) is 0 Å². The van der Waals surface area contributed by atoms with Crippen molar-refractivity contribution in [1.82, 2.24) is 10.6 Å². The summed E-state index contributed by atoms with van der Waals surface area (Å²) < 4.78 is 11.1. The molecule has 8 aliphatic carbocycles. The summed E-state index contributed by atoms with van der Waals surface area (Å²) in [7, 11) is 0. The number of hydrogen-bond acceptors (Lipinski definition) is 5. The van der Waals surface area contributed by atoms with Crippen molar-refractivity contribution >= 4 is 23.7 Å². The summed E-state index contributed by atoms with van der Waals surface area (Å²) in [6, 6.07) is -0.0197. The molecule has 0 atom stereocenters. The Morgan fingerprint density at radius 3 is 1.75 bits per heavy atom. The molecule has 0 aliphatic heterocycles. The van der Waals surface area contributed by atoms with Gasteiger partial charge < -0.3 is 20.1 Å². The number of halogens is 1. The standard InChI is InChI=1S/C21H37ClN2O3.C11H15NO/c22-5-3-1-2-4-7-26-9-10-27-8-6-23-20(25)24-21-14-17-11-18(15-21)13-19(12-17)16-21;13-7-12-11-4-8-1-9(5-11)3-10(2-8)6-11/h17-19H,1-16H2,(H2,23,24,25);8-10H,1-6H2. The van der Waals surface area contributed by atoms with E-state index in [0.717, 1.165) is 60.8 Å². The zero-order valence-corrected chi connectivity index (χ0v) is 25.2. The van der Waals surface area contributed by atoms with Crippen LogP contribution in [0.25, 0.3) is 0 Å². The molecule has 8 aliphatic rings. The molecule has 8 saturated carbocycles. The summed E-state index contributed by atoms with van der Waals surface area (Å²) >= 11 is 5.64. The van der Waals surface area contributed by atoms with Crippen molar-refractivity contribution in [2.75, 3.05) is 38.9 Å². The molecular weight excluding hydrogens is 526 g/mol. The van der Waals surface area contributed by atoms with Gasteiger partial charge >= 0.3 is 6.03 Å². The Kier molecular flexibility index (Phi) is 10.9. The Hall–Kier alpha value is -1.14. The highest BCUT2D eigenvalue weighted by Gasteiger charge is 2.52. The Balaban J connectivity index is 0.000000204. The van der Waals surface area contributed by atoms with E-state index < -0.39 is 0 Å². The minimum absolute atomic E-state index is 0.0197. The summed E-state index contributed by atoms with van der Waals surface area (Å²) in [5.41, 5.74) is 0.133. The number of alkyl halides is 1. The second-order valence-corrected chi connectivity index (χ2v) is 14.6. The largest absolute Gasteiger partial charge is 0.379 e. The lowest BCUT2D eigenvalue weighted by molar-refractivity contribution is -0.0136. The Morgan fingerprint density at radius 2 is 1.23 bits per heavy atom. The van der Waals surface area contributed by atoms with Crippen LogP contribution in [0.2, 0.25) is 0 Å². The number of carbonyl (C=O) groups is 1. The number of nitrogens with zero attached hydrogens (tertiary/aromatic N) is 1. The van der Waals surface area contributed by atoms with E-state index in [9.17, 15) is 9.59 Å². The zero-order valence-electron chi connectivity index (χ0n) is 24.5. The van der Waals surface area contributed by atoms with Gasteiger partial charge in [0.15, 0.2) is 0 Å². The highest BCUT2D eigenvalue weighted by atomic mass is 35.5. The second kappa shape index (κ2) is 14.4. The molecule has 8 bridgehead atoms. The molecule has 0 radical (unpaired) electrons. The van der Waals surface area contributed by atoms with Gasteiger partial charge in [0.25, 0.3) is 0 Å². The second-order valence-electron chi connectivity index (χ2n) is 14.3. The third kappa shape index (κ3) is 8.24. The van der Waals surface area contributed by atoms with Crippen LogP contribution in [0.15, 0.2) is 4.99 Å². The first-order chi connectivity index (χ1) is 19.5. The van der Waals surface area contributed by atoms with Gasteiger partial charge in [-0.3, -0.25) is 0 Å². The molecule has 2 amide bonds. The number of hydrogen-bond donors (Lipinski definition) is 2. The van der Waals surface area contributed by atoms with E-state index in [4.69, 9.17) is 21.1 Å². The maximum absolute atomic E-state index is 12.3. The van der Waals surface area contributed by atoms with Gasteiger partial charge in [0, 0.05) is 24.6 Å². The first kappa shape index (κ1) is 30.3. The molecule has 0 saturated heterocycles. The number of amides is 2. The average molecular weight is 578 g/mol. The molecule has 8 heteroatoms. The highest BCUT2D eigenvalue weighted by Crippen LogP contribution is 2.57. The van der Waals surface area contributed by atoms with Crippen molar-refractivity contribution in [3.05, 3.63) is 0 Å². The molecule has 2 N–H and O–H groups in total. The van der Waals surface area contributed by atoms with Gasteiger partial charge in [-0.25, -0.2) is 9.59 Å². The summed E-state index contributed by atoms with van der Waals surface area (Å²) in [6.07, 6.45) is 21.8. The minimum Gasteiger partial charge on any atom is -0.379 e. The van der Waals surface area contributed by atoms with Gasteiger partial charge in [-0.05, 0) is 125 Å². The average Bonchev–Trinajstić information content (AvgIpc) is 2.88. The number of rotatable bonds is 14. The first-order valence-corrected chi connectivity index (χ1v) is 16.9. The zero-order chi connectivity index (χ0) is 27.8. The molecule has 0 heterocycles. The van der Waals surface area contributed by atoms with Crippen LogP contribution in [0.3, 0.4) is 0 Å². The third-order valence-electron chi connectivity index (χ3n) is 10.8. The first-order valence-electron chi connectivity index (χ1n) is 16.4. The van der Waals surface area contributed by atoms with E-state index in [-0.39, 0.29) is 17.1 Å². The molecule has 40 heavy (non-hydrogen) atoms. The normalized spacial score (nSPS) is 37.9. The van der Waals surface area contributed by atoms with E-state index in [0.29, 0.717) is 26.4 Å². The SMILES string of the molecule is O=C(NCCOCCOCCCCCCCl)NC12CC3CC(CC(C3)C1)C2.O=C=NC12CC3CC(CC(C3)C1)C2. The Labute approximate surface area is 246 Å². The lowest BCUT2D eigenvalue weighted by Crippen LogP contribution is -2.61. The van der Waals surface area contributed by atoms with Gasteiger partial charge in [0.1, 0.15) is 0 Å². The van der Waals surface area contributed by atoms with Crippen LogP contribution in [0, 0.1) is 35.5 Å². The van der Waals surface area contributed by atoms with Gasteiger partial charge in [-0.1, -0.05) is 12.8 Å². The van der Waals surface area contributed by atoms with Gasteiger partial charge in [-0.15, -0.1) is 11.6 Å². The van der Waals surface area contributed by atoms with Crippen LogP contribution in [0.1, 0.15) is 103 Å². The Bertz CT molecular complexity index is 806. The van der Waals surface area contributed by atoms with Crippen LogP contribution in [0.5, 0.6) is 0 Å². The molecule has 0 spiro atoms. The molecular formula is C32H52ClN3O4. The van der Waals surface area contributed by atoms with E-state index in [1.54, 1.807) is 6.08 Å². The highest BCUT2D eigenvalue weighted by molar-refractivity contribution is 6.17. The summed E-state index contributed by atoms with van der Waals surface area (Å²) in [5, 5.41) is 6.29. The third-order valence-corrected chi connectivity index (χ3v) is 11.0. The monoisotopic (exact) mass is 577 g/mol. The fourth-order valence-electron chi connectivity index (χ4n) is 10.1. The molecule has 0 aromatic heterocycles. The van der Waals surface area contributed by atoms with Gasteiger partial charge in [0.05, 0.1) is 25.4 Å². The lowest BCUT2D eigenvalue weighted by Gasteiger charge is -2.56. The summed E-state index contributed by atoms with van der Waals surface area (Å²) in [5.74, 6) is 5.93. The molecule has 8 rings (SSSR count). The van der Waals surface area contributed by atoms with Crippen LogP contribution in [-0.2, 0) is 14.3 Å². The summed E-state index contributed by atoms with van der Waals surface area (Å²) in [6.45, 7) is 3.08. The number of isocyanates is 1. The van der Waals surface area contributed by atoms with Crippen molar-refractivity contribution in [1.29, 1.82) is 0 Å². The molecule has 0 aromatic carbocycles. The van der Waals surface area contributed by atoms with Crippen molar-refractivity contribution in [3.63, 3.8) is 0 Å².